The first-order chi connectivity index (χ1) is 8.70. The standard InChI is InChI=1S/C13H11ClN4/c14-11-3-1-9(2-4-11)8-18-13-12(16)10(7-15)5-6-17-13/h1-6H,8,16H2,(H,17,18). The fraction of sp³-hybridized carbons (Fsp3) is 0.0769. The summed E-state index contributed by atoms with van der Waals surface area (Å²) in [7, 11) is 0. The van der Waals surface area contributed by atoms with E-state index in [4.69, 9.17) is 22.6 Å². The monoisotopic (exact) mass is 258 g/mol. The Bertz CT molecular complexity index is 587. The Hall–Kier alpha value is -2.25. The first-order valence-corrected chi connectivity index (χ1v) is 5.71. The largest absolute Gasteiger partial charge is 0.395 e. The SMILES string of the molecule is N#Cc1ccnc(NCc2ccc(Cl)cc2)c1N. The summed E-state index contributed by atoms with van der Waals surface area (Å²) in [6.45, 7) is 0.573. The van der Waals surface area contributed by atoms with Crippen LogP contribution < -0.4 is 11.1 Å². The lowest BCUT2D eigenvalue weighted by atomic mass is 10.2. The van der Waals surface area contributed by atoms with Crippen LogP contribution in [0.15, 0.2) is 36.5 Å². The number of nitriles is 1. The van der Waals surface area contributed by atoms with E-state index in [1.165, 1.54) is 0 Å². The molecule has 3 N–H and O–H groups in total. The summed E-state index contributed by atoms with van der Waals surface area (Å²) in [4.78, 5) is 4.11. The number of hydrogen-bond donors (Lipinski definition) is 2. The molecule has 90 valence electrons. The van der Waals surface area contributed by atoms with Crippen LogP contribution in [-0.4, -0.2) is 4.98 Å². The molecule has 2 aromatic rings. The molecule has 1 aromatic carbocycles. The highest BCUT2D eigenvalue weighted by Crippen LogP contribution is 2.20. The van der Waals surface area contributed by atoms with Crippen molar-refractivity contribution in [2.24, 2.45) is 0 Å². The average molecular weight is 259 g/mol. The van der Waals surface area contributed by atoms with Crippen molar-refractivity contribution in [2.45, 2.75) is 6.54 Å². The molecule has 1 aromatic heterocycles. The van der Waals surface area contributed by atoms with Gasteiger partial charge in [0.25, 0.3) is 0 Å². The molecule has 0 radical (unpaired) electrons. The Morgan fingerprint density at radius 1 is 1.28 bits per heavy atom. The number of halogens is 1. The van der Waals surface area contributed by atoms with Gasteiger partial charge in [-0.15, -0.1) is 0 Å². The molecule has 0 aliphatic carbocycles. The highest BCUT2D eigenvalue weighted by atomic mass is 35.5. The lowest BCUT2D eigenvalue weighted by Crippen LogP contribution is -2.05. The van der Waals surface area contributed by atoms with Gasteiger partial charge in [-0.05, 0) is 23.8 Å². The number of nitrogens with one attached hydrogen (secondary N) is 1. The number of nitrogens with two attached hydrogens (primary N) is 1. The third kappa shape index (κ3) is 2.70. The Kier molecular flexibility index (Phi) is 3.66. The number of rotatable bonds is 3. The van der Waals surface area contributed by atoms with Crippen LogP contribution in [-0.2, 0) is 6.54 Å². The lowest BCUT2D eigenvalue weighted by molar-refractivity contribution is 1.11. The molecule has 18 heavy (non-hydrogen) atoms. The molecule has 0 aliphatic rings. The summed E-state index contributed by atoms with van der Waals surface area (Å²) in [6.07, 6.45) is 1.55. The number of anilines is 2. The van der Waals surface area contributed by atoms with Gasteiger partial charge in [-0.3, -0.25) is 0 Å². The van der Waals surface area contributed by atoms with Crippen LogP contribution in [0, 0.1) is 11.3 Å². The molecule has 0 atom stereocenters. The molecule has 0 aliphatic heterocycles. The molecule has 4 nitrogen and oxygen atoms in total. The Morgan fingerprint density at radius 2 is 2.00 bits per heavy atom. The van der Waals surface area contributed by atoms with Crippen LogP contribution in [0.5, 0.6) is 0 Å². The van der Waals surface area contributed by atoms with Crippen molar-refractivity contribution in [3.8, 4) is 6.07 Å². The molecule has 0 amide bonds. The van der Waals surface area contributed by atoms with Crippen molar-refractivity contribution < 1.29 is 0 Å². The maximum Gasteiger partial charge on any atom is 0.150 e. The average Bonchev–Trinajstić information content (AvgIpc) is 2.39. The molecule has 0 unspecified atom stereocenters. The summed E-state index contributed by atoms with van der Waals surface area (Å²) in [5, 5.41) is 12.6. The zero-order valence-corrected chi connectivity index (χ0v) is 10.3. The summed E-state index contributed by atoms with van der Waals surface area (Å²) in [5.41, 5.74) is 7.66. The molecular formula is C13H11ClN4. The van der Waals surface area contributed by atoms with Crippen LogP contribution in [0.3, 0.4) is 0 Å². The molecular weight excluding hydrogens is 248 g/mol. The van der Waals surface area contributed by atoms with Crippen molar-refractivity contribution in [1.29, 1.82) is 5.26 Å². The molecule has 0 fully saturated rings. The lowest BCUT2D eigenvalue weighted by Gasteiger charge is -2.09. The second-order valence-electron chi connectivity index (χ2n) is 3.71. The summed E-state index contributed by atoms with van der Waals surface area (Å²) in [6, 6.07) is 11.1. The highest BCUT2D eigenvalue weighted by molar-refractivity contribution is 6.30. The maximum absolute atomic E-state index is 8.86. The fourth-order valence-electron chi connectivity index (χ4n) is 1.50. The van der Waals surface area contributed by atoms with E-state index in [9.17, 15) is 0 Å². The van der Waals surface area contributed by atoms with E-state index in [0.29, 0.717) is 28.6 Å². The van der Waals surface area contributed by atoms with Crippen LogP contribution in [0.25, 0.3) is 0 Å². The van der Waals surface area contributed by atoms with E-state index < -0.39 is 0 Å². The van der Waals surface area contributed by atoms with E-state index >= 15 is 0 Å². The van der Waals surface area contributed by atoms with Crippen molar-refractivity contribution in [2.75, 3.05) is 11.1 Å². The van der Waals surface area contributed by atoms with Crippen molar-refractivity contribution in [1.82, 2.24) is 4.98 Å². The van der Waals surface area contributed by atoms with Crippen LogP contribution in [0.1, 0.15) is 11.1 Å². The predicted octanol–water partition coefficient (Wildman–Crippen LogP) is 2.80. The van der Waals surface area contributed by atoms with Gasteiger partial charge in [0.2, 0.25) is 0 Å². The second kappa shape index (κ2) is 5.39. The highest BCUT2D eigenvalue weighted by Gasteiger charge is 2.05. The normalized spacial score (nSPS) is 9.78. The fourth-order valence-corrected chi connectivity index (χ4v) is 1.63. The van der Waals surface area contributed by atoms with Gasteiger partial charge in [-0.25, -0.2) is 4.98 Å². The van der Waals surface area contributed by atoms with Crippen molar-refractivity contribution >= 4 is 23.1 Å². The van der Waals surface area contributed by atoms with Gasteiger partial charge in [0.1, 0.15) is 6.07 Å². The molecule has 0 bridgehead atoms. The maximum atomic E-state index is 8.86. The van der Waals surface area contributed by atoms with E-state index in [0.717, 1.165) is 5.56 Å². The van der Waals surface area contributed by atoms with E-state index in [1.807, 2.05) is 30.3 Å². The Balaban J connectivity index is 2.11. The van der Waals surface area contributed by atoms with Crippen molar-refractivity contribution in [3.05, 3.63) is 52.7 Å². The third-order valence-corrected chi connectivity index (χ3v) is 2.74. The zero-order valence-electron chi connectivity index (χ0n) is 9.52. The molecule has 0 saturated carbocycles. The van der Waals surface area contributed by atoms with Crippen LogP contribution in [0.4, 0.5) is 11.5 Å². The van der Waals surface area contributed by atoms with E-state index in [2.05, 4.69) is 10.3 Å². The van der Waals surface area contributed by atoms with Gasteiger partial charge in [-0.1, -0.05) is 23.7 Å². The van der Waals surface area contributed by atoms with Crippen molar-refractivity contribution in [3.63, 3.8) is 0 Å². The third-order valence-electron chi connectivity index (χ3n) is 2.48. The molecule has 1 heterocycles. The molecule has 0 spiro atoms. The number of hydrogen-bond acceptors (Lipinski definition) is 4. The summed E-state index contributed by atoms with van der Waals surface area (Å²) in [5.74, 6) is 0.518. The first kappa shape index (κ1) is 12.2. The van der Waals surface area contributed by atoms with Gasteiger partial charge in [0.15, 0.2) is 5.82 Å². The minimum atomic E-state index is 0.369. The molecule has 0 saturated heterocycles. The number of benzene rings is 1. The van der Waals surface area contributed by atoms with Crippen LogP contribution in [0.2, 0.25) is 5.02 Å². The molecule has 2 rings (SSSR count). The van der Waals surface area contributed by atoms with Gasteiger partial charge in [0, 0.05) is 17.8 Å². The predicted molar refractivity (Wildman–Crippen MR) is 72.1 cm³/mol. The number of aromatic nitrogens is 1. The summed E-state index contributed by atoms with van der Waals surface area (Å²) < 4.78 is 0. The summed E-state index contributed by atoms with van der Waals surface area (Å²) >= 11 is 5.80. The first-order valence-electron chi connectivity index (χ1n) is 5.33. The van der Waals surface area contributed by atoms with Crippen LogP contribution >= 0.6 is 11.6 Å². The van der Waals surface area contributed by atoms with Gasteiger partial charge >= 0.3 is 0 Å². The van der Waals surface area contributed by atoms with Gasteiger partial charge < -0.3 is 11.1 Å². The van der Waals surface area contributed by atoms with E-state index in [1.54, 1.807) is 12.3 Å². The topological polar surface area (TPSA) is 74.7 Å². The number of pyridine rings is 1. The second-order valence-corrected chi connectivity index (χ2v) is 4.15. The molecule has 5 heteroatoms. The minimum absolute atomic E-state index is 0.369. The number of nitrogen functional groups attached to an aromatic ring is 1. The quantitative estimate of drug-likeness (QED) is 0.888. The van der Waals surface area contributed by atoms with Gasteiger partial charge in [0.05, 0.1) is 11.3 Å². The minimum Gasteiger partial charge on any atom is -0.395 e. The Labute approximate surface area is 110 Å². The zero-order chi connectivity index (χ0) is 13.0. The number of nitrogens with zero attached hydrogens (tertiary/aromatic N) is 2. The van der Waals surface area contributed by atoms with E-state index in [-0.39, 0.29) is 0 Å². The smallest absolute Gasteiger partial charge is 0.150 e. The Morgan fingerprint density at radius 3 is 2.67 bits per heavy atom. The van der Waals surface area contributed by atoms with Gasteiger partial charge in [-0.2, -0.15) is 5.26 Å².